The highest BCUT2D eigenvalue weighted by Crippen LogP contribution is 2.33. The van der Waals surface area contributed by atoms with Crippen LogP contribution in [0.5, 0.6) is 0 Å². The molecule has 0 aromatic rings. The van der Waals surface area contributed by atoms with Crippen LogP contribution < -0.4 is 5.32 Å². The molecule has 0 aliphatic carbocycles. The number of aliphatic hydroxyl groups is 11. The molecule has 0 bridgehead atoms. The van der Waals surface area contributed by atoms with E-state index < -0.39 is 124 Å². The highest BCUT2D eigenvalue weighted by Gasteiger charge is 2.53. The van der Waals surface area contributed by atoms with Gasteiger partial charge in [-0.1, -0.05) is 183 Å². The first-order chi connectivity index (χ1) is 38.3. The molecule has 0 radical (unpaired) electrons. The number of hydrogen-bond acceptors (Lipinski definition) is 18. The van der Waals surface area contributed by atoms with Crippen LogP contribution in [0.2, 0.25) is 0 Å². The maximum atomic E-state index is 13.3. The third-order valence-electron chi connectivity index (χ3n) is 14.6. The summed E-state index contributed by atoms with van der Waals surface area (Å²) in [7, 11) is 0. The van der Waals surface area contributed by atoms with Gasteiger partial charge in [-0.2, -0.15) is 0 Å². The number of carbonyl (C=O) groups excluding carboxylic acids is 1. The Bertz CT molecular complexity index is 1730. The van der Waals surface area contributed by atoms with Gasteiger partial charge in [-0.25, -0.2) is 0 Å². The molecule has 3 fully saturated rings. The average Bonchev–Trinajstić information content (AvgIpc) is 3.47. The first-order valence-electron chi connectivity index (χ1n) is 29.7. The lowest BCUT2D eigenvalue weighted by Gasteiger charge is -2.48. The van der Waals surface area contributed by atoms with Gasteiger partial charge in [-0.05, 0) is 51.4 Å². The first-order valence-corrected chi connectivity index (χ1v) is 29.7. The van der Waals surface area contributed by atoms with Crippen LogP contribution in [0.4, 0.5) is 0 Å². The van der Waals surface area contributed by atoms with E-state index in [1.54, 1.807) is 0 Å². The van der Waals surface area contributed by atoms with Crippen LogP contribution in [0, 0.1) is 0 Å². The summed E-state index contributed by atoms with van der Waals surface area (Å²) >= 11 is 0. The largest absolute Gasteiger partial charge is 0.394 e. The lowest BCUT2D eigenvalue weighted by molar-refractivity contribution is -0.379. The molecule has 19 nitrogen and oxygen atoms in total. The maximum absolute atomic E-state index is 13.3. The summed E-state index contributed by atoms with van der Waals surface area (Å²) in [5.41, 5.74) is 0. The Labute approximate surface area is 470 Å². The number of aliphatic hydroxyl groups excluding tert-OH is 11. The second-order valence-corrected chi connectivity index (χ2v) is 21.1. The smallest absolute Gasteiger partial charge is 0.220 e. The summed E-state index contributed by atoms with van der Waals surface area (Å²) in [6.07, 6.45) is 22.8. The van der Waals surface area contributed by atoms with Crippen molar-refractivity contribution < 1.29 is 89.4 Å². The zero-order valence-corrected chi connectivity index (χ0v) is 47.3. The van der Waals surface area contributed by atoms with Crippen LogP contribution in [0.3, 0.4) is 0 Å². The minimum atomic E-state index is -1.98. The third-order valence-corrected chi connectivity index (χ3v) is 14.6. The van der Waals surface area contributed by atoms with E-state index in [0.717, 1.165) is 51.4 Å². The molecule has 3 rings (SSSR count). The lowest BCUT2D eigenvalue weighted by Crippen LogP contribution is -2.66. The fourth-order valence-corrected chi connectivity index (χ4v) is 9.69. The van der Waals surface area contributed by atoms with Crippen molar-refractivity contribution in [1.29, 1.82) is 0 Å². The Kier molecular flexibility index (Phi) is 38.3. The zero-order chi connectivity index (χ0) is 57.6. The van der Waals surface area contributed by atoms with E-state index in [2.05, 4.69) is 79.9 Å². The van der Waals surface area contributed by atoms with Crippen LogP contribution >= 0.6 is 0 Å². The first kappa shape index (κ1) is 70.5. The summed E-state index contributed by atoms with van der Waals surface area (Å²) in [5.74, 6) is -0.328. The van der Waals surface area contributed by atoms with E-state index in [0.29, 0.717) is 25.7 Å². The number of nitrogens with one attached hydrogen (secondary N) is 1. The number of amides is 1. The van der Waals surface area contributed by atoms with Crippen LogP contribution in [0.1, 0.15) is 168 Å². The van der Waals surface area contributed by atoms with E-state index in [1.807, 2.05) is 12.2 Å². The normalized spacial score (nSPS) is 30.8. The number of hydrogen-bond donors (Lipinski definition) is 12. The van der Waals surface area contributed by atoms with E-state index in [1.165, 1.54) is 70.6 Å². The number of allylic oxidation sites excluding steroid dienone is 12. The van der Waals surface area contributed by atoms with Gasteiger partial charge in [0.2, 0.25) is 5.91 Å². The highest BCUT2D eigenvalue weighted by molar-refractivity contribution is 5.76. The van der Waals surface area contributed by atoms with Crippen LogP contribution in [-0.2, 0) is 33.2 Å². The van der Waals surface area contributed by atoms with E-state index >= 15 is 0 Å². The molecule has 12 N–H and O–H groups in total. The van der Waals surface area contributed by atoms with E-state index in [-0.39, 0.29) is 18.9 Å². The van der Waals surface area contributed by atoms with Crippen molar-refractivity contribution in [3.05, 3.63) is 72.9 Å². The molecule has 0 aromatic heterocycles. The van der Waals surface area contributed by atoms with Gasteiger partial charge in [0, 0.05) is 6.42 Å². The lowest BCUT2D eigenvalue weighted by atomic mass is 9.96. The minimum absolute atomic E-state index is 0.138. The third kappa shape index (κ3) is 27.0. The maximum Gasteiger partial charge on any atom is 0.220 e. The van der Waals surface area contributed by atoms with Crippen molar-refractivity contribution in [3.8, 4) is 0 Å². The van der Waals surface area contributed by atoms with Crippen LogP contribution in [-0.4, -0.2) is 193 Å². The van der Waals surface area contributed by atoms with Gasteiger partial charge in [0.1, 0.15) is 73.2 Å². The van der Waals surface area contributed by atoms with Crippen molar-refractivity contribution in [2.24, 2.45) is 0 Å². The summed E-state index contributed by atoms with van der Waals surface area (Å²) < 4.78 is 34.2. The van der Waals surface area contributed by atoms with Crippen LogP contribution in [0.25, 0.3) is 0 Å². The number of carbonyl (C=O) groups is 1. The number of ether oxygens (including phenoxy) is 6. The van der Waals surface area contributed by atoms with E-state index in [4.69, 9.17) is 28.4 Å². The topological polar surface area (TPSA) is 307 Å². The van der Waals surface area contributed by atoms with E-state index in [9.17, 15) is 61.0 Å². The van der Waals surface area contributed by atoms with Crippen molar-refractivity contribution in [2.45, 2.75) is 272 Å². The van der Waals surface area contributed by atoms with Gasteiger partial charge in [0.05, 0.1) is 38.6 Å². The Morgan fingerprint density at radius 1 is 0.468 bits per heavy atom. The summed E-state index contributed by atoms with van der Waals surface area (Å²) in [4.78, 5) is 13.3. The fourth-order valence-electron chi connectivity index (χ4n) is 9.69. The van der Waals surface area contributed by atoms with Gasteiger partial charge >= 0.3 is 0 Å². The van der Waals surface area contributed by atoms with Crippen molar-refractivity contribution in [1.82, 2.24) is 5.32 Å². The molecular formula is C60H103NO18. The Hall–Kier alpha value is -2.77. The van der Waals surface area contributed by atoms with Crippen LogP contribution in [0.15, 0.2) is 72.9 Å². The molecule has 79 heavy (non-hydrogen) atoms. The molecular weight excluding hydrogens is 1020 g/mol. The molecule has 19 heteroatoms. The SMILES string of the molecule is CC/C=C\C/C=C\C/C=C\C/C=C\C/C=C\C/C=C\CCC(=O)NC(COC1OC(CO)C(OC2OC(CO)C(OC3OC(CO)C(O)C(O)C3O)C(O)C2O)C(O)C1O)C(O)CCCCCCCCCCCCCCCCC. The minimum Gasteiger partial charge on any atom is -0.394 e. The Balaban J connectivity index is 1.53. The molecule has 1 amide bonds. The average molecular weight is 1130 g/mol. The second-order valence-electron chi connectivity index (χ2n) is 21.1. The molecule has 17 unspecified atom stereocenters. The van der Waals surface area contributed by atoms with Gasteiger partial charge < -0.3 is 89.9 Å². The van der Waals surface area contributed by atoms with Gasteiger partial charge in [0.25, 0.3) is 0 Å². The Morgan fingerprint density at radius 3 is 1.29 bits per heavy atom. The fraction of sp³-hybridized carbons (Fsp3) is 0.783. The molecule has 0 spiro atoms. The second kappa shape index (κ2) is 43.0. The molecule has 456 valence electrons. The molecule has 17 atom stereocenters. The molecule has 3 saturated heterocycles. The zero-order valence-electron chi connectivity index (χ0n) is 47.3. The molecule has 3 aliphatic heterocycles. The summed E-state index contributed by atoms with van der Waals surface area (Å²) in [6.45, 7) is 1.60. The van der Waals surface area contributed by atoms with Crippen molar-refractivity contribution in [3.63, 3.8) is 0 Å². The molecule has 0 saturated carbocycles. The van der Waals surface area contributed by atoms with Gasteiger partial charge in [-0.15, -0.1) is 0 Å². The van der Waals surface area contributed by atoms with Crippen molar-refractivity contribution in [2.75, 3.05) is 26.4 Å². The standard InChI is InChI=1S/C60H103NO18/c1-3-5-7-9-11-13-15-17-19-20-21-22-24-26-28-30-32-34-36-38-48(66)61-43(44(65)37-35-33-31-29-27-25-23-18-16-14-12-10-8-6-4-2)42-74-58-54(72)51(69)56(46(40-63)76-58)79-60-55(73)52(70)57(47(41-64)77-60)78-59-53(71)50(68)49(67)45(39-62)75-59/h5,7,11,13,17,19,21-22,26,28,32,34,43-47,49-60,62-65,67-73H,3-4,6,8-10,12,14-16,18,20,23-25,27,29-31,33,35-42H2,1-2H3,(H,61,66)/b7-5-,13-11-,19-17-,22-21-,28-26-,34-32-. The number of unbranched alkanes of at least 4 members (excludes halogenated alkanes) is 14. The molecule has 3 heterocycles. The monoisotopic (exact) mass is 1130 g/mol. The Morgan fingerprint density at radius 2 is 0.848 bits per heavy atom. The predicted octanol–water partition coefficient (Wildman–Crippen LogP) is 5.04. The molecule has 3 aliphatic rings. The number of rotatable bonds is 42. The van der Waals surface area contributed by atoms with Gasteiger partial charge in [0.15, 0.2) is 18.9 Å². The highest BCUT2D eigenvalue weighted by atomic mass is 16.8. The molecule has 0 aromatic carbocycles. The quantitative estimate of drug-likeness (QED) is 0.0282. The summed E-state index contributed by atoms with van der Waals surface area (Å²) in [5, 5.41) is 120. The summed E-state index contributed by atoms with van der Waals surface area (Å²) in [6, 6.07) is -0.931. The van der Waals surface area contributed by atoms with Crippen molar-refractivity contribution >= 4 is 5.91 Å². The predicted molar refractivity (Wildman–Crippen MR) is 300 cm³/mol. The van der Waals surface area contributed by atoms with Gasteiger partial charge in [-0.3, -0.25) is 4.79 Å².